The molecule has 2 saturated heterocycles. The van der Waals surface area contributed by atoms with Crippen LogP contribution in [0.25, 0.3) is 10.9 Å². The summed E-state index contributed by atoms with van der Waals surface area (Å²) in [6.07, 6.45) is 5.15. The van der Waals surface area contributed by atoms with Crippen LogP contribution in [0.5, 0.6) is 5.75 Å². The van der Waals surface area contributed by atoms with Crippen LogP contribution in [0.2, 0.25) is 5.02 Å². The second-order valence-corrected chi connectivity index (χ2v) is 14.2. The molecule has 0 saturated carbocycles. The van der Waals surface area contributed by atoms with Crippen molar-refractivity contribution in [1.29, 1.82) is 0 Å². The van der Waals surface area contributed by atoms with E-state index >= 15 is 0 Å². The number of para-hydroxylation sites is 1. The molecule has 3 N–H and O–H groups in total. The lowest BCUT2D eigenvalue weighted by molar-refractivity contribution is 0.0901. The molecule has 0 aliphatic carbocycles. The number of halogens is 1. The van der Waals surface area contributed by atoms with E-state index in [1.165, 1.54) is 11.1 Å². The van der Waals surface area contributed by atoms with Crippen LogP contribution in [0.4, 0.5) is 11.4 Å². The molecule has 3 heterocycles. The molecule has 0 radical (unpaired) electrons. The highest BCUT2D eigenvalue weighted by Crippen LogP contribution is 2.34. The predicted molar refractivity (Wildman–Crippen MR) is 207 cm³/mol. The number of hydrogen-bond acceptors (Lipinski definition) is 7. The van der Waals surface area contributed by atoms with Gasteiger partial charge in [0.1, 0.15) is 11.3 Å². The fraction of sp³-hybridized carbons (Fsp3) is 0.310. The van der Waals surface area contributed by atoms with E-state index in [-0.39, 0.29) is 23.9 Å². The number of carbonyl (C=O) groups is 2. The van der Waals surface area contributed by atoms with Crippen molar-refractivity contribution < 1.29 is 14.3 Å². The van der Waals surface area contributed by atoms with Crippen molar-refractivity contribution in [2.75, 3.05) is 38.6 Å². The first-order valence-electron chi connectivity index (χ1n) is 18.1. The van der Waals surface area contributed by atoms with Gasteiger partial charge in [-0.2, -0.15) is 0 Å². The molecule has 0 bridgehead atoms. The first kappa shape index (κ1) is 35.4. The number of carbonyl (C=O) groups excluding carboxylic acids is 2. The van der Waals surface area contributed by atoms with Crippen LogP contribution in [0, 0.1) is 0 Å². The summed E-state index contributed by atoms with van der Waals surface area (Å²) in [7, 11) is 1.61. The smallest absolute Gasteiger partial charge is 0.255 e. The van der Waals surface area contributed by atoms with E-state index in [4.69, 9.17) is 16.3 Å². The topological polar surface area (TPSA) is 98.8 Å². The maximum Gasteiger partial charge on any atom is 0.255 e. The normalized spacial score (nSPS) is 16.0. The van der Waals surface area contributed by atoms with Crippen molar-refractivity contribution in [3.63, 3.8) is 0 Å². The molecule has 2 fully saturated rings. The molecular weight excluding hydrogens is 672 g/mol. The van der Waals surface area contributed by atoms with Gasteiger partial charge < -0.3 is 20.7 Å². The van der Waals surface area contributed by atoms with Gasteiger partial charge in [-0.05, 0) is 79.3 Å². The van der Waals surface area contributed by atoms with Gasteiger partial charge in [-0.1, -0.05) is 66.2 Å². The number of likely N-dealkylation sites (tertiary alicyclic amines) is 2. The van der Waals surface area contributed by atoms with Gasteiger partial charge in [0, 0.05) is 79.2 Å². The molecule has 268 valence electrons. The van der Waals surface area contributed by atoms with Crippen molar-refractivity contribution in [2.45, 2.75) is 50.9 Å². The summed E-state index contributed by atoms with van der Waals surface area (Å²) >= 11 is 6.19. The SMILES string of the molecule is COc1cccc2c(Nc3ccc(C(=O)NC4CCN(Cc5ccccc5)CC4)cc3)c(C(=O)NC3CCN(Cc4cccc(Cl)c4)CC3)cnc12. The third kappa shape index (κ3) is 8.73. The highest BCUT2D eigenvalue weighted by atomic mass is 35.5. The molecule has 2 aliphatic rings. The van der Waals surface area contributed by atoms with Crippen molar-refractivity contribution in [1.82, 2.24) is 25.4 Å². The Morgan fingerprint density at radius 2 is 1.37 bits per heavy atom. The number of ether oxygens (including phenoxy) is 1. The molecule has 9 nitrogen and oxygen atoms in total. The van der Waals surface area contributed by atoms with Crippen LogP contribution >= 0.6 is 11.6 Å². The molecular formula is C42H45ClN6O3. The summed E-state index contributed by atoms with van der Waals surface area (Å²) < 4.78 is 5.60. The fourth-order valence-corrected chi connectivity index (χ4v) is 7.47. The van der Waals surface area contributed by atoms with Crippen LogP contribution in [0.3, 0.4) is 0 Å². The van der Waals surface area contributed by atoms with Crippen molar-refractivity contribution in [2.24, 2.45) is 0 Å². The number of nitrogens with zero attached hydrogens (tertiary/aromatic N) is 3. The number of fused-ring (bicyclic) bond motifs is 1. The van der Waals surface area contributed by atoms with Crippen LogP contribution in [-0.2, 0) is 13.1 Å². The molecule has 2 amide bonds. The molecule has 4 aromatic carbocycles. The molecule has 0 spiro atoms. The number of benzene rings is 4. The van der Waals surface area contributed by atoms with Gasteiger partial charge in [0.2, 0.25) is 0 Å². The number of amides is 2. The summed E-state index contributed by atoms with van der Waals surface area (Å²) in [4.78, 5) is 36.6. The van der Waals surface area contributed by atoms with E-state index in [2.05, 4.69) is 61.1 Å². The summed E-state index contributed by atoms with van der Waals surface area (Å²) in [5, 5.41) is 11.5. The Hall–Kier alpha value is -4.96. The maximum absolute atomic E-state index is 13.9. The fourth-order valence-electron chi connectivity index (χ4n) is 7.25. The average Bonchev–Trinajstić information content (AvgIpc) is 3.17. The van der Waals surface area contributed by atoms with E-state index in [1.807, 2.05) is 66.7 Å². The molecule has 2 aliphatic heterocycles. The van der Waals surface area contributed by atoms with Gasteiger partial charge in [0.25, 0.3) is 11.8 Å². The van der Waals surface area contributed by atoms with E-state index in [0.717, 1.165) is 81.0 Å². The quantitative estimate of drug-likeness (QED) is 0.131. The maximum atomic E-state index is 13.9. The first-order chi connectivity index (χ1) is 25.4. The van der Waals surface area contributed by atoms with E-state index in [9.17, 15) is 9.59 Å². The number of aromatic nitrogens is 1. The zero-order chi connectivity index (χ0) is 35.9. The largest absolute Gasteiger partial charge is 0.494 e. The zero-order valence-electron chi connectivity index (χ0n) is 29.5. The highest BCUT2D eigenvalue weighted by Gasteiger charge is 2.25. The molecule has 7 rings (SSSR count). The summed E-state index contributed by atoms with van der Waals surface area (Å²) in [6.45, 7) is 5.43. The van der Waals surface area contributed by atoms with Gasteiger partial charge in [0.05, 0.1) is 18.4 Å². The third-order valence-electron chi connectivity index (χ3n) is 10.1. The lowest BCUT2D eigenvalue weighted by Gasteiger charge is -2.32. The number of piperidine rings is 2. The van der Waals surface area contributed by atoms with E-state index in [0.29, 0.717) is 28.1 Å². The monoisotopic (exact) mass is 716 g/mol. The molecule has 0 atom stereocenters. The molecule has 1 aromatic heterocycles. The summed E-state index contributed by atoms with van der Waals surface area (Å²) in [5.41, 5.74) is 5.59. The van der Waals surface area contributed by atoms with Gasteiger partial charge in [0.15, 0.2) is 0 Å². The van der Waals surface area contributed by atoms with E-state index < -0.39 is 0 Å². The summed E-state index contributed by atoms with van der Waals surface area (Å²) in [5.74, 6) is 0.363. The van der Waals surface area contributed by atoms with Gasteiger partial charge in [-0.15, -0.1) is 0 Å². The molecule has 10 heteroatoms. The van der Waals surface area contributed by atoms with Crippen molar-refractivity contribution >= 4 is 45.7 Å². The second kappa shape index (κ2) is 16.6. The highest BCUT2D eigenvalue weighted by molar-refractivity contribution is 6.30. The number of nitrogens with one attached hydrogen (secondary N) is 3. The number of hydrogen-bond donors (Lipinski definition) is 3. The summed E-state index contributed by atoms with van der Waals surface area (Å²) in [6, 6.07) is 31.8. The Balaban J connectivity index is 0.993. The minimum absolute atomic E-state index is 0.0471. The molecule has 5 aromatic rings. The lowest BCUT2D eigenvalue weighted by atomic mass is 10.0. The Morgan fingerprint density at radius 3 is 2.02 bits per heavy atom. The van der Waals surface area contributed by atoms with Crippen LogP contribution in [0.15, 0.2) is 103 Å². The zero-order valence-corrected chi connectivity index (χ0v) is 30.2. The van der Waals surface area contributed by atoms with Gasteiger partial charge in [-0.25, -0.2) is 0 Å². The Morgan fingerprint density at radius 1 is 0.750 bits per heavy atom. The number of anilines is 2. The number of rotatable bonds is 11. The van der Waals surface area contributed by atoms with Gasteiger partial charge >= 0.3 is 0 Å². The van der Waals surface area contributed by atoms with Crippen LogP contribution < -0.4 is 20.7 Å². The minimum Gasteiger partial charge on any atom is -0.494 e. The van der Waals surface area contributed by atoms with Crippen molar-refractivity contribution in [3.8, 4) is 5.75 Å². The standard InChI is InChI=1S/C42H45ClN6O3/c1-52-38-12-6-11-36-39(37(26-44-40(36)38)42(51)47-35-19-23-49(24-20-35)28-30-9-5-10-32(43)25-30)45-33-15-13-31(14-16-33)41(50)46-34-17-21-48(22-18-34)27-29-7-3-2-4-8-29/h2-16,25-26,34-35H,17-24,27-28H2,1H3,(H,44,45)(H,46,50)(H,47,51). The lowest BCUT2D eigenvalue weighted by Crippen LogP contribution is -2.44. The van der Waals surface area contributed by atoms with Crippen molar-refractivity contribution in [3.05, 3.63) is 131 Å². The molecule has 0 unspecified atom stereocenters. The second-order valence-electron chi connectivity index (χ2n) is 13.8. The van der Waals surface area contributed by atoms with Gasteiger partial charge in [-0.3, -0.25) is 24.4 Å². The Labute approximate surface area is 310 Å². The van der Waals surface area contributed by atoms with E-state index in [1.54, 1.807) is 13.3 Å². The number of methoxy groups -OCH3 is 1. The van der Waals surface area contributed by atoms with Crippen LogP contribution in [-0.4, -0.2) is 72.0 Å². The Kier molecular flexibility index (Phi) is 11.3. The number of pyridine rings is 1. The minimum atomic E-state index is -0.182. The Bertz CT molecular complexity index is 1990. The predicted octanol–water partition coefficient (Wildman–Crippen LogP) is 7.43. The average molecular weight is 717 g/mol. The van der Waals surface area contributed by atoms with Crippen LogP contribution in [0.1, 0.15) is 57.5 Å². The molecule has 52 heavy (non-hydrogen) atoms. The first-order valence-corrected chi connectivity index (χ1v) is 18.5. The third-order valence-corrected chi connectivity index (χ3v) is 10.4.